The van der Waals surface area contributed by atoms with Gasteiger partial charge in [0.1, 0.15) is 0 Å². The van der Waals surface area contributed by atoms with Gasteiger partial charge in [0, 0.05) is 17.7 Å². The van der Waals surface area contributed by atoms with E-state index < -0.39 is 73.8 Å². The van der Waals surface area contributed by atoms with Gasteiger partial charge in [-0.1, -0.05) is 17.8 Å². The Kier molecular flexibility index (Phi) is 6.05. The highest BCUT2D eigenvalue weighted by Crippen LogP contribution is 2.59. The minimum atomic E-state index is -6.58. The van der Waals surface area contributed by atoms with E-state index in [-0.39, 0.29) is 0 Å². The number of non-ortho nitro benzene ring substituents is 1. The van der Waals surface area contributed by atoms with Crippen molar-refractivity contribution in [3.63, 3.8) is 0 Å². The number of nitro benzene ring substituents is 1. The maximum Gasteiger partial charge on any atom is 0.443 e. The van der Waals surface area contributed by atoms with Gasteiger partial charge in [0.25, 0.3) is 17.1 Å². The minimum Gasteiger partial charge on any atom is -0.301 e. The Morgan fingerprint density at radius 3 is 2.06 bits per heavy atom. The Morgan fingerprint density at radius 2 is 1.61 bits per heavy atom. The third kappa shape index (κ3) is 4.45. The van der Waals surface area contributed by atoms with E-state index in [1.54, 1.807) is 0 Å². The first-order valence-corrected chi connectivity index (χ1v) is 8.18. The van der Waals surface area contributed by atoms with Gasteiger partial charge in [0.05, 0.1) is 9.83 Å². The molecule has 0 fully saturated rings. The number of hydrogen-bond donors (Lipinski definition) is 1. The van der Waals surface area contributed by atoms with Gasteiger partial charge in [-0.25, -0.2) is 9.38 Å². The molecule has 0 bridgehead atoms. The average molecular weight is 485 g/mol. The fraction of sp³-hybridized carbons (Fsp3) is 0.286. The van der Waals surface area contributed by atoms with Crippen molar-refractivity contribution < 1.29 is 53.6 Å². The van der Waals surface area contributed by atoms with Crippen LogP contribution in [0.5, 0.6) is 0 Å². The van der Waals surface area contributed by atoms with Crippen molar-refractivity contribution in [1.29, 1.82) is 0 Å². The molecule has 0 spiro atoms. The van der Waals surface area contributed by atoms with Crippen LogP contribution in [0.1, 0.15) is 10.4 Å². The lowest BCUT2D eigenvalue weighted by molar-refractivity contribution is -0.384. The highest BCUT2D eigenvalue weighted by Gasteiger charge is 2.77. The lowest BCUT2D eigenvalue weighted by atomic mass is 9.97. The highest BCUT2D eigenvalue weighted by molar-refractivity contribution is 8.17. The SMILES string of the molecule is O=C(NC1=NC(C(F)(F)F)(C(F)(F)F)C(=C(F)C(F)(F)F)S1)c1cccc([N+](=O)[O-])c1. The summed E-state index contributed by atoms with van der Waals surface area (Å²) in [5.41, 5.74) is -6.96. The molecular formula is C14H5F10N3O3S. The van der Waals surface area contributed by atoms with E-state index in [1.165, 1.54) is 5.32 Å². The molecule has 31 heavy (non-hydrogen) atoms. The maximum absolute atomic E-state index is 13.6. The largest absolute Gasteiger partial charge is 0.443 e. The molecule has 0 aromatic heterocycles. The van der Waals surface area contributed by atoms with E-state index in [4.69, 9.17) is 0 Å². The molecule has 1 aliphatic heterocycles. The number of halogens is 10. The molecule has 1 aromatic carbocycles. The van der Waals surface area contributed by atoms with Crippen LogP contribution in [0.15, 0.2) is 40.0 Å². The number of nitrogens with zero attached hydrogens (tertiary/aromatic N) is 2. The monoisotopic (exact) mass is 485 g/mol. The first-order valence-electron chi connectivity index (χ1n) is 7.36. The second kappa shape index (κ2) is 7.69. The van der Waals surface area contributed by atoms with Crippen molar-refractivity contribution in [2.24, 2.45) is 4.99 Å². The summed E-state index contributed by atoms with van der Waals surface area (Å²) in [7, 11) is 0. The smallest absolute Gasteiger partial charge is 0.301 e. The summed E-state index contributed by atoms with van der Waals surface area (Å²) in [6, 6.07) is 3.30. The normalized spacial score (nSPS) is 18.5. The standard InChI is InChI=1S/C14H5F10N3O3S/c15-7(12(16,17)18)8-11(13(19,20)21,14(22,23)24)26-10(31-8)25-9(28)5-2-1-3-6(4-5)27(29)30/h1-4H,(H,25,26,28). The van der Waals surface area contributed by atoms with Gasteiger partial charge < -0.3 is 5.32 Å². The zero-order valence-corrected chi connectivity index (χ0v) is 14.9. The zero-order valence-electron chi connectivity index (χ0n) is 14.1. The number of aliphatic imine (C=N–C) groups is 1. The molecule has 0 unspecified atom stereocenters. The number of nitrogens with one attached hydrogen (secondary N) is 1. The summed E-state index contributed by atoms with van der Waals surface area (Å²) >= 11 is -1.03. The quantitative estimate of drug-likeness (QED) is 0.362. The molecule has 0 aliphatic carbocycles. The first-order chi connectivity index (χ1) is 13.9. The molecule has 6 nitrogen and oxygen atoms in total. The third-order valence-electron chi connectivity index (χ3n) is 3.60. The summed E-state index contributed by atoms with van der Waals surface area (Å²) in [5, 5.41) is 10.4. The molecule has 0 saturated carbocycles. The van der Waals surface area contributed by atoms with Crippen LogP contribution in [0.3, 0.4) is 0 Å². The van der Waals surface area contributed by atoms with Crippen LogP contribution in [0, 0.1) is 10.1 Å². The number of amides is 1. The Hall–Kier alpha value is -2.85. The second-order valence-corrected chi connectivity index (χ2v) is 6.63. The van der Waals surface area contributed by atoms with Crippen molar-refractivity contribution in [1.82, 2.24) is 5.32 Å². The molecule has 2 rings (SSSR count). The Morgan fingerprint density at radius 1 is 1.06 bits per heavy atom. The van der Waals surface area contributed by atoms with E-state index >= 15 is 0 Å². The van der Waals surface area contributed by atoms with Gasteiger partial charge in [-0.15, -0.1) is 0 Å². The van der Waals surface area contributed by atoms with Crippen LogP contribution >= 0.6 is 11.8 Å². The van der Waals surface area contributed by atoms with E-state index in [1.807, 2.05) is 0 Å². The number of carbonyl (C=O) groups is 1. The Bertz CT molecular complexity index is 967. The predicted molar refractivity (Wildman–Crippen MR) is 84.6 cm³/mol. The Labute approximate surface area is 168 Å². The molecule has 0 radical (unpaired) electrons. The summed E-state index contributed by atoms with van der Waals surface area (Å²) < 4.78 is 131. The highest BCUT2D eigenvalue weighted by atomic mass is 32.2. The fourth-order valence-corrected chi connectivity index (χ4v) is 3.41. The van der Waals surface area contributed by atoms with Crippen molar-refractivity contribution in [2.45, 2.75) is 24.1 Å². The summed E-state index contributed by atoms with van der Waals surface area (Å²) in [6.07, 6.45) is -19.4. The van der Waals surface area contributed by atoms with Crippen LogP contribution in [-0.4, -0.2) is 40.1 Å². The number of benzene rings is 1. The maximum atomic E-state index is 13.6. The van der Waals surface area contributed by atoms with Gasteiger partial charge in [0.2, 0.25) is 5.83 Å². The summed E-state index contributed by atoms with van der Waals surface area (Å²) in [4.78, 5) is 21.0. The average Bonchev–Trinajstić information content (AvgIpc) is 3.00. The van der Waals surface area contributed by atoms with Crippen LogP contribution in [0.25, 0.3) is 0 Å². The van der Waals surface area contributed by atoms with E-state index in [0.717, 1.165) is 18.2 Å². The Balaban J connectivity index is 2.59. The predicted octanol–water partition coefficient (Wildman–Crippen LogP) is 5.03. The molecule has 0 saturated heterocycles. The lowest BCUT2D eigenvalue weighted by Crippen LogP contribution is -2.55. The minimum absolute atomic E-state index is 0.587. The van der Waals surface area contributed by atoms with Gasteiger partial charge in [0.15, 0.2) is 5.17 Å². The number of rotatable bonds is 2. The van der Waals surface area contributed by atoms with Crippen LogP contribution in [-0.2, 0) is 0 Å². The molecule has 1 heterocycles. The molecule has 1 aliphatic rings. The first kappa shape index (κ1) is 24.4. The van der Waals surface area contributed by atoms with E-state index in [2.05, 4.69) is 4.99 Å². The number of nitro groups is 1. The fourth-order valence-electron chi connectivity index (χ4n) is 2.26. The summed E-state index contributed by atoms with van der Waals surface area (Å²) in [5.74, 6) is -5.24. The van der Waals surface area contributed by atoms with Gasteiger partial charge >= 0.3 is 18.5 Å². The van der Waals surface area contributed by atoms with Crippen molar-refractivity contribution in [2.75, 3.05) is 0 Å². The molecular weight excluding hydrogens is 480 g/mol. The van der Waals surface area contributed by atoms with Crippen LogP contribution < -0.4 is 5.32 Å². The number of alkyl halides is 9. The lowest BCUT2D eigenvalue weighted by Gasteiger charge is -2.31. The molecule has 1 aromatic rings. The van der Waals surface area contributed by atoms with Crippen molar-refractivity contribution >= 4 is 28.5 Å². The third-order valence-corrected chi connectivity index (χ3v) is 4.67. The van der Waals surface area contributed by atoms with Crippen molar-refractivity contribution in [3.05, 3.63) is 50.7 Å². The number of carbonyl (C=O) groups excluding carboxylic acids is 1. The zero-order chi connectivity index (χ0) is 24.0. The molecule has 17 heteroatoms. The molecule has 1 amide bonds. The number of thioether (sulfide) groups is 1. The topological polar surface area (TPSA) is 84.6 Å². The molecule has 0 atom stereocenters. The number of amidine groups is 1. The summed E-state index contributed by atoms with van der Waals surface area (Å²) in [6.45, 7) is 0. The van der Waals surface area contributed by atoms with Crippen LogP contribution in [0.2, 0.25) is 0 Å². The number of hydrogen-bond acceptors (Lipinski definition) is 5. The van der Waals surface area contributed by atoms with Gasteiger partial charge in [-0.2, -0.15) is 39.5 Å². The molecule has 1 N–H and O–H groups in total. The van der Waals surface area contributed by atoms with Gasteiger partial charge in [-0.05, 0) is 6.07 Å². The van der Waals surface area contributed by atoms with E-state index in [0.29, 0.717) is 6.07 Å². The van der Waals surface area contributed by atoms with Gasteiger partial charge in [-0.3, -0.25) is 14.9 Å². The van der Waals surface area contributed by atoms with Crippen LogP contribution in [0.4, 0.5) is 49.6 Å². The molecule has 170 valence electrons. The number of allylic oxidation sites excluding steroid dienone is 1. The van der Waals surface area contributed by atoms with Crippen molar-refractivity contribution in [3.8, 4) is 0 Å². The second-order valence-electron chi connectivity index (χ2n) is 5.63. The van der Waals surface area contributed by atoms with E-state index in [9.17, 15) is 58.8 Å².